The summed E-state index contributed by atoms with van der Waals surface area (Å²) >= 11 is 0. The highest BCUT2D eigenvalue weighted by atomic mass is 15.0. The van der Waals surface area contributed by atoms with Crippen molar-refractivity contribution < 1.29 is 0 Å². The molecule has 0 fully saturated rings. The van der Waals surface area contributed by atoms with Crippen molar-refractivity contribution in [1.29, 1.82) is 0 Å². The van der Waals surface area contributed by atoms with E-state index in [0.717, 1.165) is 50.2 Å². The molecule has 0 bridgehead atoms. The molecule has 0 amide bonds. The lowest BCUT2D eigenvalue weighted by molar-refractivity contribution is 1.17. The molecule has 8 aromatic rings. The van der Waals surface area contributed by atoms with Gasteiger partial charge in [0.1, 0.15) is 0 Å². The molecule has 0 aliphatic heterocycles. The molecule has 4 heterocycles. The first kappa shape index (κ1) is 24.9. The van der Waals surface area contributed by atoms with Gasteiger partial charge in [-0.15, -0.1) is 0 Å². The molecule has 0 radical (unpaired) electrons. The number of benzene rings is 4. The molecule has 0 saturated heterocycles. The lowest BCUT2D eigenvalue weighted by atomic mass is 9.97. The molecular weight excluding hydrogens is 524 g/mol. The summed E-state index contributed by atoms with van der Waals surface area (Å²) in [6.07, 6.45) is 7.45. The Morgan fingerprint density at radius 2 is 0.977 bits per heavy atom. The van der Waals surface area contributed by atoms with Crippen molar-refractivity contribution >= 4 is 21.8 Å². The van der Waals surface area contributed by atoms with Crippen molar-refractivity contribution in [1.82, 2.24) is 19.5 Å². The number of nitrogens with zero attached hydrogens (tertiary/aromatic N) is 4. The van der Waals surface area contributed by atoms with Gasteiger partial charge in [0.05, 0.1) is 22.4 Å². The number of aromatic nitrogens is 4. The maximum absolute atomic E-state index is 5.01. The van der Waals surface area contributed by atoms with Crippen LogP contribution in [-0.2, 0) is 0 Å². The highest BCUT2D eigenvalue weighted by Crippen LogP contribution is 2.36. The van der Waals surface area contributed by atoms with Crippen LogP contribution >= 0.6 is 0 Å². The summed E-state index contributed by atoms with van der Waals surface area (Å²) in [6, 6.07) is 46.8. The third-order valence-corrected chi connectivity index (χ3v) is 8.00. The predicted molar refractivity (Wildman–Crippen MR) is 176 cm³/mol. The number of hydrogen-bond acceptors (Lipinski definition) is 3. The molecule has 4 heteroatoms. The van der Waals surface area contributed by atoms with Crippen LogP contribution in [-0.4, -0.2) is 19.5 Å². The van der Waals surface area contributed by atoms with E-state index in [9.17, 15) is 0 Å². The number of para-hydroxylation sites is 1. The second-order valence-electron chi connectivity index (χ2n) is 10.6. The largest absolute Gasteiger partial charge is 0.309 e. The molecule has 0 aliphatic carbocycles. The van der Waals surface area contributed by atoms with E-state index in [4.69, 9.17) is 4.98 Å². The van der Waals surface area contributed by atoms with Crippen LogP contribution in [0.3, 0.4) is 0 Å². The van der Waals surface area contributed by atoms with Gasteiger partial charge in [0, 0.05) is 52.4 Å². The molecule has 0 aliphatic rings. The minimum atomic E-state index is 0.927. The Labute approximate surface area is 249 Å². The normalized spacial score (nSPS) is 11.3. The van der Waals surface area contributed by atoms with Crippen LogP contribution in [0.25, 0.3) is 72.3 Å². The third-order valence-electron chi connectivity index (χ3n) is 8.00. The lowest BCUT2D eigenvalue weighted by Gasteiger charge is -2.11. The summed E-state index contributed by atoms with van der Waals surface area (Å²) in [5, 5.41) is 2.34. The van der Waals surface area contributed by atoms with Crippen LogP contribution in [0.5, 0.6) is 0 Å². The summed E-state index contributed by atoms with van der Waals surface area (Å²) in [5.74, 6) is 0. The zero-order valence-corrected chi connectivity index (χ0v) is 23.3. The molecule has 43 heavy (non-hydrogen) atoms. The molecule has 0 spiro atoms. The van der Waals surface area contributed by atoms with E-state index in [0.29, 0.717) is 0 Å². The highest BCUT2D eigenvalue weighted by Gasteiger charge is 2.14. The van der Waals surface area contributed by atoms with Crippen molar-refractivity contribution in [3.63, 3.8) is 0 Å². The van der Waals surface area contributed by atoms with E-state index in [1.54, 1.807) is 0 Å². The van der Waals surface area contributed by atoms with Crippen LogP contribution in [0.1, 0.15) is 0 Å². The van der Waals surface area contributed by atoms with E-state index in [-0.39, 0.29) is 0 Å². The molecule has 4 nitrogen and oxygen atoms in total. The van der Waals surface area contributed by atoms with Crippen molar-refractivity contribution in [3.8, 4) is 50.5 Å². The molecule has 0 N–H and O–H groups in total. The Kier molecular flexibility index (Phi) is 6.08. The fourth-order valence-electron chi connectivity index (χ4n) is 5.88. The Bertz CT molecular complexity index is 2150. The van der Waals surface area contributed by atoms with Crippen LogP contribution in [0, 0.1) is 0 Å². The van der Waals surface area contributed by atoms with Gasteiger partial charge in [-0.3, -0.25) is 9.97 Å². The Hall–Kier alpha value is -5.87. The second kappa shape index (κ2) is 10.5. The van der Waals surface area contributed by atoms with Crippen LogP contribution < -0.4 is 0 Å². The Morgan fingerprint density at radius 3 is 1.70 bits per heavy atom. The van der Waals surface area contributed by atoms with Crippen LogP contribution in [0.15, 0.2) is 158 Å². The van der Waals surface area contributed by atoms with Crippen LogP contribution in [0.4, 0.5) is 0 Å². The van der Waals surface area contributed by atoms with E-state index >= 15 is 0 Å². The fraction of sp³-hybridized carbons (Fsp3) is 0. The van der Waals surface area contributed by atoms with E-state index < -0.39 is 0 Å². The zero-order chi connectivity index (χ0) is 28.6. The summed E-state index contributed by atoms with van der Waals surface area (Å²) < 4.78 is 2.31. The van der Waals surface area contributed by atoms with Gasteiger partial charge >= 0.3 is 0 Å². The minimum absolute atomic E-state index is 0.927. The first-order valence-electron chi connectivity index (χ1n) is 14.3. The summed E-state index contributed by atoms with van der Waals surface area (Å²) in [6.45, 7) is 0. The highest BCUT2D eigenvalue weighted by molar-refractivity contribution is 6.10. The molecule has 0 atom stereocenters. The van der Waals surface area contributed by atoms with Crippen molar-refractivity contribution in [3.05, 3.63) is 158 Å². The van der Waals surface area contributed by atoms with Crippen molar-refractivity contribution in [2.75, 3.05) is 0 Å². The van der Waals surface area contributed by atoms with E-state index in [2.05, 4.69) is 130 Å². The van der Waals surface area contributed by atoms with Gasteiger partial charge in [-0.1, -0.05) is 78.9 Å². The maximum atomic E-state index is 5.01. The predicted octanol–water partition coefficient (Wildman–Crippen LogP) is 9.64. The summed E-state index contributed by atoms with van der Waals surface area (Å²) in [7, 11) is 0. The van der Waals surface area contributed by atoms with E-state index in [1.807, 2.05) is 43.0 Å². The maximum Gasteiger partial charge on any atom is 0.0716 e. The van der Waals surface area contributed by atoms with Gasteiger partial charge in [0.15, 0.2) is 0 Å². The SMILES string of the molecule is c1ccc(-c2cc(-c3ccc(-c4ccc5c(c4)c4cnccc4n5-c4ccccc4)cc3)cc(-c3ccncc3)n2)cc1. The number of pyridine rings is 3. The zero-order valence-electron chi connectivity index (χ0n) is 23.3. The van der Waals surface area contributed by atoms with Gasteiger partial charge in [-0.05, 0) is 76.9 Å². The smallest absolute Gasteiger partial charge is 0.0716 e. The van der Waals surface area contributed by atoms with Gasteiger partial charge in [-0.25, -0.2) is 4.98 Å². The lowest BCUT2D eigenvalue weighted by Crippen LogP contribution is -1.93. The van der Waals surface area contributed by atoms with Gasteiger partial charge in [0.2, 0.25) is 0 Å². The molecule has 0 unspecified atom stereocenters. The molecular formula is C39H26N4. The van der Waals surface area contributed by atoms with Crippen molar-refractivity contribution in [2.45, 2.75) is 0 Å². The average Bonchev–Trinajstić information content (AvgIpc) is 3.43. The van der Waals surface area contributed by atoms with Gasteiger partial charge in [-0.2, -0.15) is 0 Å². The second-order valence-corrected chi connectivity index (χ2v) is 10.6. The standard InChI is InChI=1S/C39H26N4/c1-3-7-29(8-4-1)36-24-32(25-37(42-36)30-17-20-40-21-18-30)28-13-11-27(12-14-28)31-15-16-38-34(23-31)35-26-41-22-19-39(35)43(38)33-9-5-2-6-10-33/h1-26H. The summed E-state index contributed by atoms with van der Waals surface area (Å²) in [5.41, 5.74) is 12.1. The minimum Gasteiger partial charge on any atom is -0.309 e. The average molecular weight is 551 g/mol. The van der Waals surface area contributed by atoms with E-state index in [1.165, 1.54) is 22.0 Å². The van der Waals surface area contributed by atoms with Gasteiger partial charge < -0.3 is 4.57 Å². The molecule has 4 aromatic carbocycles. The topological polar surface area (TPSA) is 43.6 Å². The number of fused-ring (bicyclic) bond motifs is 3. The number of hydrogen-bond donors (Lipinski definition) is 0. The van der Waals surface area contributed by atoms with Crippen LogP contribution in [0.2, 0.25) is 0 Å². The van der Waals surface area contributed by atoms with Crippen molar-refractivity contribution in [2.24, 2.45) is 0 Å². The molecule has 8 rings (SSSR count). The Morgan fingerprint density at radius 1 is 0.395 bits per heavy atom. The molecule has 4 aromatic heterocycles. The molecule has 202 valence electrons. The molecule has 0 saturated carbocycles. The van der Waals surface area contributed by atoms with Gasteiger partial charge in [0.25, 0.3) is 0 Å². The number of rotatable bonds is 5. The third kappa shape index (κ3) is 4.55. The first-order valence-corrected chi connectivity index (χ1v) is 14.3. The summed E-state index contributed by atoms with van der Waals surface area (Å²) in [4.78, 5) is 13.7. The fourth-order valence-corrected chi connectivity index (χ4v) is 5.88. The first-order chi connectivity index (χ1) is 21.3. The Balaban J connectivity index is 1.21. The monoisotopic (exact) mass is 550 g/mol. The quantitative estimate of drug-likeness (QED) is 0.214.